The van der Waals surface area contributed by atoms with Gasteiger partial charge in [0, 0.05) is 21.9 Å². The van der Waals surface area contributed by atoms with Crippen molar-refractivity contribution in [2.45, 2.75) is 25.4 Å². The molecule has 2 aliphatic heterocycles. The summed E-state index contributed by atoms with van der Waals surface area (Å²) in [6, 6.07) is 9.01. The Morgan fingerprint density at radius 2 is 2.16 bits per heavy atom. The summed E-state index contributed by atoms with van der Waals surface area (Å²) in [7, 11) is 0. The van der Waals surface area contributed by atoms with Crippen molar-refractivity contribution in [3.05, 3.63) is 47.2 Å². The van der Waals surface area contributed by atoms with Gasteiger partial charge in [-0.15, -0.1) is 11.3 Å². The smallest absolute Gasteiger partial charge is 0.414 e. The lowest BCUT2D eigenvalue weighted by Crippen LogP contribution is -2.32. The second-order valence-corrected chi connectivity index (χ2v) is 8.80. The Morgan fingerprint density at radius 3 is 2.94 bits per heavy atom. The first kappa shape index (κ1) is 20.7. The molecular formula is C21H22FN5O4S. The van der Waals surface area contributed by atoms with Crippen molar-refractivity contribution >= 4 is 28.9 Å². The van der Waals surface area contributed by atoms with Gasteiger partial charge in [-0.3, -0.25) is 9.47 Å². The number of fused-ring (bicyclic) bond motifs is 1. The average Bonchev–Trinajstić information content (AvgIpc) is 3.49. The van der Waals surface area contributed by atoms with E-state index in [2.05, 4.69) is 4.98 Å². The summed E-state index contributed by atoms with van der Waals surface area (Å²) in [5.41, 5.74) is 12.2. The molecule has 0 radical (unpaired) electrons. The maximum absolute atomic E-state index is 14.9. The van der Waals surface area contributed by atoms with Crippen LogP contribution in [0.25, 0.3) is 10.4 Å². The standard InChI is InChI=1S/C21H22FN5O4S/c22-17-5-12(27-8-13(6-23)31-21(27)28)1-3-16(17)18-4-2-15(32-18)11-29-14-7-26-9-19(24)25-20(26)30-10-14/h1-5,9,13-14H,6-8,10-11,23-24H2/t13-,14-/m0/s1. The highest BCUT2D eigenvalue weighted by atomic mass is 32.1. The molecule has 11 heteroatoms. The van der Waals surface area contributed by atoms with Crippen molar-refractivity contribution in [2.24, 2.45) is 5.73 Å². The number of amides is 1. The van der Waals surface area contributed by atoms with E-state index in [0.717, 1.165) is 9.75 Å². The van der Waals surface area contributed by atoms with Crippen LogP contribution in [0.2, 0.25) is 0 Å². The van der Waals surface area contributed by atoms with Gasteiger partial charge in [0.05, 0.1) is 31.6 Å². The van der Waals surface area contributed by atoms with E-state index in [1.165, 1.54) is 22.3 Å². The van der Waals surface area contributed by atoms with E-state index in [0.29, 0.717) is 49.4 Å². The van der Waals surface area contributed by atoms with E-state index in [4.69, 9.17) is 25.7 Å². The van der Waals surface area contributed by atoms with Crippen molar-refractivity contribution in [3.8, 4) is 16.5 Å². The maximum atomic E-state index is 14.9. The first-order valence-corrected chi connectivity index (χ1v) is 11.0. The molecule has 0 saturated carbocycles. The van der Waals surface area contributed by atoms with Crippen molar-refractivity contribution in [1.82, 2.24) is 9.55 Å². The number of imidazole rings is 1. The van der Waals surface area contributed by atoms with Gasteiger partial charge in [-0.05, 0) is 30.3 Å². The molecule has 1 amide bonds. The minimum absolute atomic E-state index is 0.129. The number of nitrogen functional groups attached to an aromatic ring is 1. The summed E-state index contributed by atoms with van der Waals surface area (Å²) >= 11 is 1.45. The van der Waals surface area contributed by atoms with Gasteiger partial charge in [0.25, 0.3) is 6.01 Å². The molecule has 1 fully saturated rings. The summed E-state index contributed by atoms with van der Waals surface area (Å²) in [5, 5.41) is 0. The third kappa shape index (κ3) is 4.01. The molecule has 1 saturated heterocycles. The summed E-state index contributed by atoms with van der Waals surface area (Å²) in [6.07, 6.45) is 0.700. The zero-order chi connectivity index (χ0) is 22.2. The molecule has 5 rings (SSSR count). The monoisotopic (exact) mass is 459 g/mol. The predicted octanol–water partition coefficient (Wildman–Crippen LogP) is 2.59. The van der Waals surface area contributed by atoms with Gasteiger partial charge in [-0.25, -0.2) is 9.18 Å². The van der Waals surface area contributed by atoms with Gasteiger partial charge in [0.1, 0.15) is 30.4 Å². The summed E-state index contributed by atoms with van der Waals surface area (Å²) < 4.78 is 33.4. The number of ether oxygens (including phenoxy) is 3. The third-order valence-electron chi connectivity index (χ3n) is 5.35. The number of nitrogens with two attached hydrogens (primary N) is 2. The Balaban J connectivity index is 1.23. The summed E-state index contributed by atoms with van der Waals surface area (Å²) in [5.74, 6) is 0.00383. The zero-order valence-corrected chi connectivity index (χ0v) is 17.9. The first-order chi connectivity index (χ1) is 15.5. The fourth-order valence-corrected chi connectivity index (χ4v) is 4.69. The Hall–Kier alpha value is -3.15. The van der Waals surface area contributed by atoms with E-state index in [-0.39, 0.29) is 18.8 Å². The highest BCUT2D eigenvalue weighted by molar-refractivity contribution is 7.15. The number of rotatable bonds is 6. The van der Waals surface area contributed by atoms with Crippen molar-refractivity contribution in [2.75, 3.05) is 30.3 Å². The summed E-state index contributed by atoms with van der Waals surface area (Å²) in [4.78, 5) is 19.2. The largest absolute Gasteiger partial charge is 0.462 e. The Morgan fingerprint density at radius 1 is 1.28 bits per heavy atom. The fourth-order valence-electron chi connectivity index (χ4n) is 3.73. The SMILES string of the molecule is NC[C@H]1CN(c2ccc(-c3ccc(CO[C@@H]4COc5nc(N)cn5C4)s3)c(F)c2)C(=O)O1. The van der Waals surface area contributed by atoms with Crippen molar-refractivity contribution in [1.29, 1.82) is 0 Å². The normalized spacial score (nSPS) is 20.2. The molecule has 4 N–H and O–H groups in total. The molecule has 1 aromatic carbocycles. The van der Waals surface area contributed by atoms with Crippen molar-refractivity contribution < 1.29 is 23.4 Å². The number of benzene rings is 1. The van der Waals surface area contributed by atoms with E-state index >= 15 is 0 Å². The highest BCUT2D eigenvalue weighted by Crippen LogP contribution is 2.33. The molecule has 4 heterocycles. The maximum Gasteiger partial charge on any atom is 0.414 e. The number of hydrogen-bond acceptors (Lipinski definition) is 8. The number of nitrogens with zero attached hydrogens (tertiary/aromatic N) is 3. The molecule has 32 heavy (non-hydrogen) atoms. The molecule has 0 spiro atoms. The van der Waals surface area contributed by atoms with Crippen LogP contribution in [0.1, 0.15) is 4.88 Å². The van der Waals surface area contributed by atoms with E-state index in [9.17, 15) is 9.18 Å². The molecule has 2 aliphatic rings. The number of carbonyl (C=O) groups is 1. The lowest BCUT2D eigenvalue weighted by Gasteiger charge is -2.23. The Kier molecular flexibility index (Phi) is 5.45. The van der Waals surface area contributed by atoms with Crippen molar-refractivity contribution in [3.63, 3.8) is 0 Å². The lowest BCUT2D eigenvalue weighted by atomic mass is 10.1. The molecule has 3 aromatic rings. The third-order valence-corrected chi connectivity index (χ3v) is 6.44. The summed E-state index contributed by atoms with van der Waals surface area (Å²) in [6.45, 7) is 1.94. The zero-order valence-electron chi connectivity index (χ0n) is 17.1. The molecule has 2 aromatic heterocycles. The molecule has 2 atom stereocenters. The number of carbonyl (C=O) groups excluding carboxylic acids is 1. The van der Waals surface area contributed by atoms with E-state index < -0.39 is 11.9 Å². The number of anilines is 2. The van der Waals surface area contributed by atoms with Gasteiger partial charge in [-0.1, -0.05) is 0 Å². The number of thiophene rings is 1. The van der Waals surface area contributed by atoms with Gasteiger partial charge >= 0.3 is 6.09 Å². The molecule has 0 aliphatic carbocycles. The minimum atomic E-state index is -0.514. The van der Waals surface area contributed by atoms with E-state index in [1.807, 2.05) is 16.7 Å². The van der Waals surface area contributed by atoms with Crippen LogP contribution in [0.4, 0.5) is 20.7 Å². The van der Waals surface area contributed by atoms with E-state index in [1.54, 1.807) is 18.3 Å². The molecule has 0 unspecified atom stereocenters. The van der Waals surface area contributed by atoms with Gasteiger partial charge in [0.15, 0.2) is 0 Å². The van der Waals surface area contributed by atoms with Gasteiger partial charge < -0.3 is 25.7 Å². The van der Waals surface area contributed by atoms with Gasteiger partial charge in [0.2, 0.25) is 0 Å². The first-order valence-electron chi connectivity index (χ1n) is 10.1. The number of halogens is 1. The molecular weight excluding hydrogens is 437 g/mol. The van der Waals surface area contributed by atoms with Crippen LogP contribution in [0.3, 0.4) is 0 Å². The number of cyclic esters (lactones) is 1. The lowest BCUT2D eigenvalue weighted by molar-refractivity contribution is -0.0191. The highest BCUT2D eigenvalue weighted by Gasteiger charge is 2.31. The molecule has 9 nitrogen and oxygen atoms in total. The number of hydrogen-bond donors (Lipinski definition) is 2. The van der Waals surface area contributed by atoms with Crippen LogP contribution >= 0.6 is 11.3 Å². The molecule has 168 valence electrons. The fraction of sp³-hybridized carbons (Fsp3) is 0.333. The van der Waals surface area contributed by atoms with Gasteiger partial charge in [-0.2, -0.15) is 4.98 Å². The van der Waals surface area contributed by atoms with Crippen LogP contribution < -0.4 is 21.1 Å². The van der Waals surface area contributed by atoms with Crippen LogP contribution in [-0.2, 0) is 22.6 Å². The Labute approximate surface area is 187 Å². The van der Waals surface area contributed by atoms with Crippen LogP contribution in [0.15, 0.2) is 36.5 Å². The van der Waals surface area contributed by atoms with Crippen LogP contribution in [0, 0.1) is 5.82 Å². The van der Waals surface area contributed by atoms with Crippen LogP contribution in [-0.4, -0.2) is 47.5 Å². The quantitative estimate of drug-likeness (QED) is 0.582. The van der Waals surface area contributed by atoms with Crippen LogP contribution in [0.5, 0.6) is 6.01 Å². The molecule has 0 bridgehead atoms. The average molecular weight is 460 g/mol. The number of aromatic nitrogens is 2. The second kappa shape index (κ2) is 8.41. The second-order valence-electron chi connectivity index (χ2n) is 7.63. The minimum Gasteiger partial charge on any atom is -0.462 e. The topological polar surface area (TPSA) is 118 Å². The Bertz CT molecular complexity index is 1150. The predicted molar refractivity (Wildman–Crippen MR) is 117 cm³/mol.